The summed E-state index contributed by atoms with van der Waals surface area (Å²) in [5, 5.41) is 23.2. The van der Waals surface area contributed by atoms with Crippen LogP contribution in [0.1, 0.15) is 46.5 Å². The summed E-state index contributed by atoms with van der Waals surface area (Å²) < 4.78 is 25.2. The van der Waals surface area contributed by atoms with Gasteiger partial charge >= 0.3 is 6.09 Å². The molecule has 0 radical (unpaired) electrons. The van der Waals surface area contributed by atoms with E-state index < -0.39 is 21.7 Å². The van der Waals surface area contributed by atoms with Gasteiger partial charge in [0.05, 0.1) is 16.5 Å². The van der Waals surface area contributed by atoms with Crippen LogP contribution in [-0.4, -0.2) is 56.3 Å². The number of nitrogens with one attached hydrogen (secondary N) is 1. The van der Waals surface area contributed by atoms with Crippen molar-refractivity contribution in [3.63, 3.8) is 0 Å². The smallest absolute Gasteiger partial charge is 0.407 e. The first-order valence-corrected chi connectivity index (χ1v) is 13.5. The molecule has 0 saturated heterocycles. The van der Waals surface area contributed by atoms with E-state index in [9.17, 15) is 18.3 Å². The third-order valence-corrected chi connectivity index (χ3v) is 7.59. The van der Waals surface area contributed by atoms with Crippen LogP contribution < -0.4 is 10.5 Å². The predicted molar refractivity (Wildman–Crippen MR) is 136 cm³/mol. The van der Waals surface area contributed by atoms with Gasteiger partial charge in [0, 0.05) is 30.5 Å². The molecule has 0 bridgehead atoms. The zero-order valence-electron chi connectivity index (χ0n) is 20.8. The zero-order chi connectivity index (χ0) is 26.1. The van der Waals surface area contributed by atoms with E-state index >= 15 is 0 Å². The van der Waals surface area contributed by atoms with Crippen molar-refractivity contribution in [2.75, 3.05) is 11.9 Å². The van der Waals surface area contributed by atoms with Gasteiger partial charge in [-0.05, 0) is 76.5 Å². The Labute approximate surface area is 210 Å². The van der Waals surface area contributed by atoms with E-state index in [0.29, 0.717) is 35.7 Å². The van der Waals surface area contributed by atoms with Gasteiger partial charge in [-0.3, -0.25) is 0 Å². The van der Waals surface area contributed by atoms with Crippen molar-refractivity contribution < 1.29 is 18.3 Å². The molecule has 1 aliphatic carbocycles. The molecule has 1 saturated carbocycles. The molecule has 36 heavy (non-hydrogen) atoms. The Bertz CT molecular complexity index is 1340. The Morgan fingerprint density at radius 3 is 2.53 bits per heavy atom. The molecular weight excluding hydrogens is 482 g/mol. The number of aromatic nitrogens is 4. The van der Waals surface area contributed by atoms with Crippen molar-refractivity contribution in [2.45, 2.75) is 63.4 Å². The number of sulfonamides is 1. The minimum Gasteiger partial charge on any atom is -0.465 e. The lowest BCUT2D eigenvalue weighted by Crippen LogP contribution is -2.47. The number of nitrogens with zero attached hydrogens (tertiary/aromatic N) is 5. The maximum atomic E-state index is 11.7. The van der Waals surface area contributed by atoms with E-state index in [1.807, 2.05) is 25.5 Å². The van der Waals surface area contributed by atoms with Crippen LogP contribution in [0.2, 0.25) is 0 Å². The van der Waals surface area contributed by atoms with E-state index in [1.54, 1.807) is 29.4 Å². The number of hydrogen-bond donors (Lipinski definition) is 3. The summed E-state index contributed by atoms with van der Waals surface area (Å²) in [6.45, 7) is 7.06. The van der Waals surface area contributed by atoms with Gasteiger partial charge < -0.3 is 15.3 Å². The van der Waals surface area contributed by atoms with E-state index in [-0.39, 0.29) is 4.90 Å². The van der Waals surface area contributed by atoms with Crippen molar-refractivity contribution in [3.8, 4) is 0 Å². The summed E-state index contributed by atoms with van der Waals surface area (Å²) in [5.41, 5.74) is 0.792. The van der Waals surface area contributed by atoms with Gasteiger partial charge in [-0.15, -0.1) is 0 Å². The van der Waals surface area contributed by atoms with Gasteiger partial charge in [-0.1, -0.05) is 6.07 Å². The quantitative estimate of drug-likeness (QED) is 0.429. The number of rotatable bonds is 7. The van der Waals surface area contributed by atoms with Gasteiger partial charge in [0.2, 0.25) is 16.0 Å². The highest BCUT2D eigenvalue weighted by atomic mass is 32.2. The Hall–Kier alpha value is -3.25. The van der Waals surface area contributed by atoms with Crippen LogP contribution in [-0.2, 0) is 16.6 Å². The van der Waals surface area contributed by atoms with E-state index in [4.69, 9.17) is 5.14 Å². The van der Waals surface area contributed by atoms with Crippen molar-refractivity contribution in [3.05, 3.63) is 36.7 Å². The minimum absolute atomic E-state index is 0.00296. The number of primary sulfonamides is 1. The number of carbonyl (C=O) groups is 1. The summed E-state index contributed by atoms with van der Waals surface area (Å²) in [7, 11) is -3.82. The van der Waals surface area contributed by atoms with Crippen LogP contribution in [0.25, 0.3) is 11.0 Å². The van der Waals surface area contributed by atoms with Crippen LogP contribution in [0.3, 0.4) is 0 Å². The van der Waals surface area contributed by atoms with Gasteiger partial charge in [0.25, 0.3) is 0 Å². The lowest BCUT2D eigenvalue weighted by molar-refractivity contribution is 0.0789. The molecule has 0 spiro atoms. The number of benzene rings is 1. The highest BCUT2D eigenvalue weighted by molar-refractivity contribution is 7.89. The fourth-order valence-corrected chi connectivity index (χ4v) is 5.24. The fraction of sp³-hybridized carbons (Fsp3) is 0.500. The Morgan fingerprint density at radius 1 is 1.19 bits per heavy atom. The number of hydrogen-bond acceptors (Lipinski definition) is 7. The monoisotopic (exact) mass is 515 g/mol. The first-order chi connectivity index (χ1) is 16.9. The Morgan fingerprint density at radius 2 is 1.89 bits per heavy atom. The number of anilines is 2. The van der Waals surface area contributed by atoms with Gasteiger partial charge in [0.1, 0.15) is 0 Å². The molecular formula is C24H33N7O4S. The van der Waals surface area contributed by atoms with E-state index in [2.05, 4.69) is 20.4 Å². The van der Waals surface area contributed by atoms with Crippen molar-refractivity contribution in [1.82, 2.24) is 24.6 Å². The van der Waals surface area contributed by atoms with Crippen LogP contribution >= 0.6 is 0 Å². The summed E-state index contributed by atoms with van der Waals surface area (Å²) in [6, 6.07) is 6.17. The molecule has 4 N–H and O–H groups in total. The van der Waals surface area contributed by atoms with Crippen molar-refractivity contribution in [2.24, 2.45) is 17.0 Å². The minimum atomic E-state index is -3.82. The molecule has 11 nitrogen and oxygen atoms in total. The van der Waals surface area contributed by atoms with Crippen molar-refractivity contribution >= 4 is 38.8 Å². The molecule has 1 amide bonds. The highest BCUT2D eigenvalue weighted by Gasteiger charge is 2.31. The molecule has 1 fully saturated rings. The van der Waals surface area contributed by atoms with Crippen LogP contribution in [0.5, 0.6) is 0 Å². The molecule has 0 aliphatic heterocycles. The lowest BCUT2D eigenvalue weighted by Gasteiger charge is -2.38. The molecule has 3 aromatic rings. The Balaban J connectivity index is 1.41. The fourth-order valence-electron chi connectivity index (χ4n) is 4.68. The molecule has 12 heteroatoms. The first kappa shape index (κ1) is 25.8. The molecule has 194 valence electrons. The topological polar surface area (TPSA) is 156 Å². The normalized spacial score (nSPS) is 18.8. The molecule has 0 atom stereocenters. The maximum absolute atomic E-state index is 11.7. The third kappa shape index (κ3) is 6.11. The second kappa shape index (κ2) is 10.0. The molecule has 0 unspecified atom stereocenters. The number of carboxylic acid groups (broad SMARTS) is 1. The molecule has 2 heterocycles. The maximum Gasteiger partial charge on any atom is 0.407 e. The van der Waals surface area contributed by atoms with Gasteiger partial charge in [-0.25, -0.2) is 28.0 Å². The number of nitrogens with two attached hydrogens (primary N) is 1. The second-order valence-electron chi connectivity index (χ2n) is 10.4. The summed E-state index contributed by atoms with van der Waals surface area (Å²) in [5.74, 6) is 1.11. The second-order valence-corrected chi connectivity index (χ2v) is 12.0. The van der Waals surface area contributed by atoms with E-state index in [1.165, 1.54) is 12.1 Å². The van der Waals surface area contributed by atoms with Crippen molar-refractivity contribution in [1.29, 1.82) is 0 Å². The summed E-state index contributed by atoms with van der Waals surface area (Å²) in [4.78, 5) is 22.2. The third-order valence-electron chi connectivity index (χ3n) is 6.67. The SMILES string of the molecule is CC(C)(C)N(CC1CCC(Cn2ncc3cnc(Nc4cccc(S(N)(=O)=O)c4)nc32)CC1)C(=O)O. The largest absolute Gasteiger partial charge is 0.465 e. The summed E-state index contributed by atoms with van der Waals surface area (Å²) >= 11 is 0. The van der Waals surface area contributed by atoms with Crippen LogP contribution in [0.15, 0.2) is 41.6 Å². The lowest BCUT2D eigenvalue weighted by atomic mass is 9.81. The molecule has 2 aromatic heterocycles. The molecule has 4 rings (SSSR count). The van der Waals surface area contributed by atoms with E-state index in [0.717, 1.165) is 37.6 Å². The first-order valence-electron chi connectivity index (χ1n) is 12.0. The van der Waals surface area contributed by atoms with Crippen LogP contribution in [0.4, 0.5) is 16.4 Å². The Kier molecular flexibility index (Phi) is 7.19. The average Bonchev–Trinajstić information content (AvgIpc) is 3.19. The summed E-state index contributed by atoms with van der Waals surface area (Å²) in [6.07, 6.45) is 6.51. The molecule has 1 aromatic carbocycles. The van der Waals surface area contributed by atoms with Gasteiger partial charge in [0.15, 0.2) is 5.65 Å². The van der Waals surface area contributed by atoms with Crippen LogP contribution in [0, 0.1) is 11.8 Å². The highest BCUT2D eigenvalue weighted by Crippen LogP contribution is 2.32. The standard InChI is InChI=1S/C24H33N7O4S/c1-24(2,3)30(23(32)33)14-16-7-9-17(10-8-16)15-31-21-18(13-27-31)12-26-22(29-21)28-19-5-4-6-20(11-19)36(25,34)35/h4-6,11-13,16-17H,7-10,14-15H2,1-3H3,(H,32,33)(H2,25,34,35)(H,26,28,29). The molecule has 1 aliphatic rings. The predicted octanol–water partition coefficient (Wildman–Crippen LogP) is 3.80. The zero-order valence-corrected chi connectivity index (χ0v) is 21.6. The van der Waals surface area contributed by atoms with Gasteiger partial charge in [-0.2, -0.15) is 10.1 Å². The number of fused-ring (bicyclic) bond motifs is 1. The average molecular weight is 516 g/mol. The number of amides is 1.